The second kappa shape index (κ2) is 6.14. The minimum absolute atomic E-state index is 0.293. The molecule has 4 rings (SSSR count). The Labute approximate surface area is 136 Å². The molecule has 0 spiro atoms. The van der Waals surface area contributed by atoms with Crippen molar-refractivity contribution >= 4 is 22.6 Å². The molecule has 5 nitrogen and oxygen atoms in total. The molecule has 1 aliphatic carbocycles. The van der Waals surface area contributed by atoms with Gasteiger partial charge in [0.2, 0.25) is 5.91 Å². The van der Waals surface area contributed by atoms with Crippen LogP contribution in [0.1, 0.15) is 25.7 Å². The fraction of sp³-hybridized carbons (Fsp3) is 0.500. The first-order valence-electron chi connectivity index (χ1n) is 8.56. The van der Waals surface area contributed by atoms with Gasteiger partial charge in [-0.2, -0.15) is 0 Å². The molecule has 1 aromatic heterocycles. The number of amides is 1. The molecule has 1 amide bonds. The fourth-order valence-electron chi connectivity index (χ4n) is 3.51. The van der Waals surface area contributed by atoms with Crippen molar-refractivity contribution in [1.29, 1.82) is 0 Å². The zero-order valence-corrected chi connectivity index (χ0v) is 13.3. The third kappa shape index (κ3) is 2.76. The average Bonchev–Trinajstić information content (AvgIpc) is 2.78. The highest BCUT2D eigenvalue weighted by atomic mass is 16.2. The summed E-state index contributed by atoms with van der Waals surface area (Å²) in [7, 11) is 0. The molecule has 2 aromatic rings. The van der Waals surface area contributed by atoms with Crippen LogP contribution in [0.4, 0.5) is 5.82 Å². The molecule has 1 saturated carbocycles. The van der Waals surface area contributed by atoms with Gasteiger partial charge in [-0.1, -0.05) is 18.6 Å². The van der Waals surface area contributed by atoms with Crippen LogP contribution in [0.2, 0.25) is 0 Å². The maximum absolute atomic E-state index is 12.5. The predicted molar refractivity (Wildman–Crippen MR) is 90.3 cm³/mol. The maximum atomic E-state index is 12.5. The second-order valence-electron chi connectivity index (χ2n) is 6.51. The Balaban J connectivity index is 1.53. The van der Waals surface area contributed by atoms with Crippen molar-refractivity contribution in [2.24, 2.45) is 5.92 Å². The average molecular weight is 310 g/mol. The molecule has 0 atom stereocenters. The first-order valence-corrected chi connectivity index (χ1v) is 8.56. The molecule has 0 unspecified atom stereocenters. The van der Waals surface area contributed by atoms with Crippen LogP contribution in [0.25, 0.3) is 10.9 Å². The van der Waals surface area contributed by atoms with Gasteiger partial charge in [-0.05, 0) is 31.4 Å². The highest BCUT2D eigenvalue weighted by molar-refractivity contribution is 5.89. The number of fused-ring (bicyclic) bond motifs is 1. The molecule has 0 N–H and O–H groups in total. The molecule has 2 aliphatic rings. The Morgan fingerprint density at radius 3 is 2.70 bits per heavy atom. The number of aromatic nitrogens is 2. The smallest absolute Gasteiger partial charge is 0.225 e. The van der Waals surface area contributed by atoms with Gasteiger partial charge >= 0.3 is 0 Å². The van der Waals surface area contributed by atoms with Gasteiger partial charge in [0, 0.05) is 37.5 Å². The van der Waals surface area contributed by atoms with Crippen molar-refractivity contribution in [3.8, 4) is 0 Å². The molecule has 0 bridgehead atoms. The third-order valence-corrected chi connectivity index (χ3v) is 5.08. The van der Waals surface area contributed by atoms with Crippen LogP contribution < -0.4 is 4.90 Å². The van der Waals surface area contributed by atoms with E-state index in [1.165, 1.54) is 6.42 Å². The van der Waals surface area contributed by atoms with Crippen LogP contribution in [-0.2, 0) is 4.79 Å². The van der Waals surface area contributed by atoms with E-state index in [1.807, 2.05) is 18.2 Å². The Morgan fingerprint density at radius 2 is 1.87 bits per heavy atom. The van der Waals surface area contributed by atoms with Crippen LogP contribution in [0.15, 0.2) is 30.6 Å². The van der Waals surface area contributed by atoms with E-state index in [2.05, 4.69) is 25.8 Å². The number of hydrogen-bond acceptors (Lipinski definition) is 4. The first-order chi connectivity index (χ1) is 11.3. The Kier molecular flexibility index (Phi) is 3.85. The second-order valence-corrected chi connectivity index (χ2v) is 6.51. The monoisotopic (exact) mass is 310 g/mol. The largest absolute Gasteiger partial charge is 0.354 e. The number of benzene rings is 1. The number of carbonyl (C=O) groups excluding carboxylic acids is 1. The lowest BCUT2D eigenvalue weighted by Crippen LogP contribution is -2.41. The van der Waals surface area contributed by atoms with E-state index in [-0.39, 0.29) is 0 Å². The minimum Gasteiger partial charge on any atom is -0.354 e. The number of anilines is 1. The summed E-state index contributed by atoms with van der Waals surface area (Å²) in [5, 5.41) is 1.09. The van der Waals surface area contributed by atoms with E-state index >= 15 is 0 Å². The summed E-state index contributed by atoms with van der Waals surface area (Å²) in [6.45, 7) is 3.46. The molecule has 23 heavy (non-hydrogen) atoms. The van der Waals surface area contributed by atoms with Crippen molar-refractivity contribution in [2.75, 3.05) is 31.1 Å². The molecular formula is C18H22N4O. The van der Waals surface area contributed by atoms with E-state index in [1.54, 1.807) is 6.33 Å². The number of nitrogens with zero attached hydrogens (tertiary/aromatic N) is 4. The normalized spacial score (nSPS) is 19.5. The first kappa shape index (κ1) is 14.4. The molecule has 1 aromatic carbocycles. The van der Waals surface area contributed by atoms with E-state index in [4.69, 9.17) is 0 Å². The highest BCUT2D eigenvalue weighted by Gasteiger charge is 2.30. The molecule has 2 fully saturated rings. The summed E-state index contributed by atoms with van der Waals surface area (Å²) in [5.41, 5.74) is 0.976. The summed E-state index contributed by atoms with van der Waals surface area (Å²) in [6, 6.07) is 8.12. The van der Waals surface area contributed by atoms with Crippen molar-refractivity contribution in [2.45, 2.75) is 25.7 Å². The number of carbonyl (C=O) groups is 1. The number of hydrogen-bond donors (Lipinski definition) is 0. The van der Waals surface area contributed by atoms with Crippen molar-refractivity contribution in [3.63, 3.8) is 0 Å². The topological polar surface area (TPSA) is 49.3 Å². The zero-order valence-electron chi connectivity index (χ0n) is 13.3. The van der Waals surface area contributed by atoms with Gasteiger partial charge in [0.25, 0.3) is 0 Å². The van der Waals surface area contributed by atoms with Gasteiger partial charge in [-0.25, -0.2) is 9.97 Å². The van der Waals surface area contributed by atoms with Crippen LogP contribution in [0.5, 0.6) is 0 Å². The lowest BCUT2D eigenvalue weighted by atomic mass is 9.84. The Hall–Kier alpha value is -2.17. The molecule has 1 saturated heterocycles. The number of rotatable bonds is 2. The van der Waals surface area contributed by atoms with Gasteiger partial charge in [0.05, 0.1) is 5.52 Å². The van der Waals surface area contributed by atoms with Gasteiger partial charge in [0.15, 0.2) is 0 Å². The van der Waals surface area contributed by atoms with Gasteiger partial charge in [-0.3, -0.25) is 4.79 Å². The summed E-state index contributed by atoms with van der Waals surface area (Å²) in [6.07, 6.45) is 6.01. The van der Waals surface area contributed by atoms with Crippen molar-refractivity contribution in [1.82, 2.24) is 14.9 Å². The highest BCUT2D eigenvalue weighted by Crippen LogP contribution is 2.29. The van der Waals surface area contributed by atoms with Crippen LogP contribution in [0.3, 0.4) is 0 Å². The molecular weight excluding hydrogens is 288 g/mol. The quantitative estimate of drug-likeness (QED) is 0.855. The Bertz CT molecular complexity index is 708. The van der Waals surface area contributed by atoms with Crippen LogP contribution >= 0.6 is 0 Å². The molecule has 0 radical (unpaired) electrons. The van der Waals surface area contributed by atoms with E-state index in [9.17, 15) is 4.79 Å². The number of para-hydroxylation sites is 1. The predicted octanol–water partition coefficient (Wildman–Crippen LogP) is 2.47. The van der Waals surface area contributed by atoms with Crippen LogP contribution in [0, 0.1) is 5.92 Å². The summed E-state index contributed by atoms with van der Waals surface area (Å²) in [4.78, 5) is 25.7. The minimum atomic E-state index is 0.293. The van der Waals surface area contributed by atoms with Crippen molar-refractivity contribution in [3.05, 3.63) is 30.6 Å². The Morgan fingerprint density at radius 1 is 1.00 bits per heavy atom. The summed E-state index contributed by atoms with van der Waals surface area (Å²) >= 11 is 0. The van der Waals surface area contributed by atoms with Gasteiger partial charge in [0.1, 0.15) is 12.1 Å². The lowest BCUT2D eigenvalue weighted by molar-refractivity contribution is -0.137. The van der Waals surface area contributed by atoms with Gasteiger partial charge in [-0.15, -0.1) is 0 Å². The lowest BCUT2D eigenvalue weighted by Gasteiger charge is -2.31. The zero-order chi connectivity index (χ0) is 15.6. The van der Waals surface area contributed by atoms with Crippen molar-refractivity contribution < 1.29 is 4.79 Å². The molecule has 5 heteroatoms. The van der Waals surface area contributed by atoms with Gasteiger partial charge < -0.3 is 9.80 Å². The van der Waals surface area contributed by atoms with Crippen LogP contribution in [-0.4, -0.2) is 47.0 Å². The standard InChI is InChI=1S/C18H22N4O/c23-18(14-5-3-6-14)22-10-4-9-21(11-12-22)17-15-7-1-2-8-16(15)19-13-20-17/h1-2,7-8,13-14H,3-6,9-12H2. The van der Waals surface area contributed by atoms with E-state index in [0.717, 1.165) is 62.2 Å². The summed E-state index contributed by atoms with van der Waals surface area (Å²) in [5.74, 6) is 1.65. The SMILES string of the molecule is O=C(C1CCC1)N1CCCN(c2ncnc3ccccc23)CC1. The van der Waals surface area contributed by atoms with E-state index in [0.29, 0.717) is 11.8 Å². The molecule has 2 heterocycles. The van der Waals surface area contributed by atoms with E-state index < -0.39 is 0 Å². The molecule has 120 valence electrons. The maximum Gasteiger partial charge on any atom is 0.225 e. The molecule has 1 aliphatic heterocycles. The fourth-order valence-corrected chi connectivity index (χ4v) is 3.51. The third-order valence-electron chi connectivity index (χ3n) is 5.08. The summed E-state index contributed by atoms with van der Waals surface area (Å²) < 4.78 is 0.